The van der Waals surface area contributed by atoms with E-state index in [4.69, 9.17) is 17.3 Å². The summed E-state index contributed by atoms with van der Waals surface area (Å²) in [6, 6.07) is 8.28. The van der Waals surface area contributed by atoms with Gasteiger partial charge in [-0.05, 0) is 55.8 Å². The maximum atomic E-state index is 13.8. The quantitative estimate of drug-likeness (QED) is 0.732. The number of phenols is 1. The first-order valence-electron chi connectivity index (χ1n) is 7.85. The van der Waals surface area contributed by atoms with Crippen LogP contribution in [-0.4, -0.2) is 21.5 Å². The second-order valence-corrected chi connectivity index (χ2v) is 6.50. The Labute approximate surface area is 153 Å². The molecule has 0 aliphatic carbocycles. The van der Waals surface area contributed by atoms with Crippen LogP contribution < -0.4 is 5.73 Å². The molecule has 0 unspecified atom stereocenters. The van der Waals surface area contributed by atoms with Gasteiger partial charge in [-0.15, -0.1) is 0 Å². The van der Waals surface area contributed by atoms with Crippen LogP contribution in [0.1, 0.15) is 34.5 Å². The van der Waals surface area contributed by atoms with Crippen LogP contribution in [-0.2, 0) is 4.79 Å². The van der Waals surface area contributed by atoms with Crippen LogP contribution >= 0.6 is 11.6 Å². The van der Waals surface area contributed by atoms with E-state index in [2.05, 4.69) is 0 Å². The summed E-state index contributed by atoms with van der Waals surface area (Å²) in [4.78, 5) is 24.7. The normalized spacial score (nSPS) is 12.3. The molecule has 0 aliphatic heterocycles. The molecule has 3 N–H and O–H groups in total. The zero-order valence-electron chi connectivity index (χ0n) is 14.1. The van der Waals surface area contributed by atoms with Crippen molar-refractivity contribution in [2.24, 2.45) is 5.73 Å². The Balaban J connectivity index is 2.29. The molecule has 7 heteroatoms. The lowest BCUT2D eigenvalue weighted by Gasteiger charge is -2.10. The van der Waals surface area contributed by atoms with E-state index in [0.29, 0.717) is 22.2 Å². The van der Waals surface area contributed by atoms with Gasteiger partial charge in [0.1, 0.15) is 11.6 Å². The molecule has 1 amide bonds. The SMILES string of the molecule is Cc1c([C@@H](C)C(N)=O)c2cc(O)ccc2n1C(=O)c1ccc(Cl)c(F)c1. The molecule has 134 valence electrons. The van der Waals surface area contributed by atoms with Gasteiger partial charge in [0, 0.05) is 16.6 Å². The van der Waals surface area contributed by atoms with Gasteiger partial charge in [-0.2, -0.15) is 0 Å². The third-order valence-electron chi connectivity index (χ3n) is 4.47. The Morgan fingerprint density at radius 2 is 1.92 bits per heavy atom. The topological polar surface area (TPSA) is 85.3 Å². The molecular formula is C19H16ClFN2O3. The monoisotopic (exact) mass is 374 g/mol. The van der Waals surface area contributed by atoms with Crippen molar-refractivity contribution in [1.29, 1.82) is 0 Å². The predicted molar refractivity (Wildman–Crippen MR) is 97.1 cm³/mol. The fourth-order valence-electron chi connectivity index (χ4n) is 3.14. The maximum absolute atomic E-state index is 13.8. The second kappa shape index (κ2) is 6.46. The number of nitrogens with two attached hydrogens (primary N) is 1. The van der Waals surface area contributed by atoms with E-state index in [1.807, 2.05) is 0 Å². The van der Waals surface area contributed by atoms with Gasteiger partial charge in [-0.3, -0.25) is 14.2 Å². The highest BCUT2D eigenvalue weighted by molar-refractivity contribution is 6.30. The predicted octanol–water partition coefficient (Wildman–Crippen LogP) is 3.73. The molecule has 1 aromatic heterocycles. The van der Waals surface area contributed by atoms with Crippen molar-refractivity contribution in [2.45, 2.75) is 19.8 Å². The van der Waals surface area contributed by atoms with Crippen molar-refractivity contribution in [3.63, 3.8) is 0 Å². The van der Waals surface area contributed by atoms with Gasteiger partial charge < -0.3 is 10.8 Å². The van der Waals surface area contributed by atoms with E-state index in [0.717, 1.165) is 6.07 Å². The molecule has 5 nitrogen and oxygen atoms in total. The molecule has 3 aromatic rings. The summed E-state index contributed by atoms with van der Waals surface area (Å²) >= 11 is 5.68. The standard InChI is InChI=1S/C19H16ClFN2O3/c1-9(18(22)25)17-10(2)23(16-6-4-12(24)8-13(16)17)19(26)11-3-5-14(20)15(21)7-11/h3-9,24H,1-2H3,(H2,22,25)/t9-/m1/s1. The van der Waals surface area contributed by atoms with Crippen molar-refractivity contribution in [1.82, 2.24) is 4.57 Å². The van der Waals surface area contributed by atoms with Crippen molar-refractivity contribution in [2.75, 3.05) is 0 Å². The number of phenolic OH excluding ortho intramolecular Hbond substituents is 1. The van der Waals surface area contributed by atoms with Crippen LogP contribution in [0.25, 0.3) is 10.9 Å². The Hall–Kier alpha value is -2.86. The number of nitrogens with zero attached hydrogens (tertiary/aromatic N) is 1. The number of aromatic hydroxyl groups is 1. The lowest BCUT2D eigenvalue weighted by molar-refractivity contribution is -0.119. The number of rotatable bonds is 3. The number of amides is 1. The Kier molecular flexibility index (Phi) is 4.46. The summed E-state index contributed by atoms with van der Waals surface area (Å²) in [5.41, 5.74) is 7.08. The third kappa shape index (κ3) is 2.82. The molecule has 0 fully saturated rings. The van der Waals surface area contributed by atoms with Crippen molar-refractivity contribution >= 4 is 34.3 Å². The highest BCUT2D eigenvalue weighted by atomic mass is 35.5. The van der Waals surface area contributed by atoms with Gasteiger partial charge in [-0.1, -0.05) is 11.6 Å². The number of benzene rings is 2. The molecule has 3 rings (SSSR count). The van der Waals surface area contributed by atoms with Crippen LogP contribution in [0.2, 0.25) is 5.02 Å². The summed E-state index contributed by atoms with van der Waals surface area (Å²) in [5, 5.41) is 10.3. The minimum absolute atomic E-state index is 0.00226. The van der Waals surface area contributed by atoms with Gasteiger partial charge in [-0.25, -0.2) is 4.39 Å². The van der Waals surface area contributed by atoms with E-state index in [9.17, 15) is 19.1 Å². The number of primary amides is 1. The zero-order chi connectivity index (χ0) is 19.2. The summed E-state index contributed by atoms with van der Waals surface area (Å²) in [6.07, 6.45) is 0. The molecule has 0 saturated carbocycles. The summed E-state index contributed by atoms with van der Waals surface area (Å²) in [7, 11) is 0. The minimum atomic E-state index is -0.699. The molecule has 26 heavy (non-hydrogen) atoms. The van der Waals surface area contributed by atoms with E-state index < -0.39 is 23.5 Å². The molecule has 0 bridgehead atoms. The Morgan fingerprint density at radius 1 is 1.23 bits per heavy atom. The van der Waals surface area contributed by atoms with Crippen LogP contribution in [0.3, 0.4) is 0 Å². The van der Waals surface area contributed by atoms with Gasteiger partial charge >= 0.3 is 0 Å². The molecule has 0 aliphatic rings. The summed E-state index contributed by atoms with van der Waals surface area (Å²) in [6.45, 7) is 3.31. The molecular weight excluding hydrogens is 359 g/mol. The van der Waals surface area contributed by atoms with Gasteiger partial charge in [0.2, 0.25) is 5.91 Å². The van der Waals surface area contributed by atoms with E-state index >= 15 is 0 Å². The minimum Gasteiger partial charge on any atom is -0.508 e. The average Bonchev–Trinajstić information content (AvgIpc) is 2.87. The first kappa shape index (κ1) is 17.9. The second-order valence-electron chi connectivity index (χ2n) is 6.09. The van der Waals surface area contributed by atoms with Crippen LogP contribution in [0.5, 0.6) is 5.75 Å². The van der Waals surface area contributed by atoms with E-state index in [1.54, 1.807) is 19.9 Å². The van der Waals surface area contributed by atoms with Gasteiger partial charge in [0.05, 0.1) is 16.5 Å². The lowest BCUT2D eigenvalue weighted by Crippen LogP contribution is -2.20. The maximum Gasteiger partial charge on any atom is 0.262 e. The number of aromatic nitrogens is 1. The summed E-state index contributed by atoms with van der Waals surface area (Å²) < 4.78 is 15.2. The fraction of sp³-hybridized carbons (Fsp3) is 0.158. The number of halogens is 2. The average molecular weight is 375 g/mol. The number of carbonyl (C=O) groups is 2. The Bertz CT molecular complexity index is 1060. The zero-order valence-corrected chi connectivity index (χ0v) is 14.8. The highest BCUT2D eigenvalue weighted by Crippen LogP contribution is 2.34. The molecule has 0 radical (unpaired) electrons. The van der Waals surface area contributed by atoms with Crippen molar-refractivity contribution in [3.8, 4) is 5.75 Å². The molecule has 0 spiro atoms. The number of hydrogen-bond acceptors (Lipinski definition) is 3. The number of fused-ring (bicyclic) bond motifs is 1. The van der Waals surface area contributed by atoms with E-state index in [-0.39, 0.29) is 16.3 Å². The van der Waals surface area contributed by atoms with Crippen LogP contribution in [0.4, 0.5) is 4.39 Å². The largest absolute Gasteiger partial charge is 0.508 e. The van der Waals surface area contributed by atoms with Gasteiger partial charge in [0.25, 0.3) is 5.91 Å². The molecule has 1 heterocycles. The first-order valence-corrected chi connectivity index (χ1v) is 8.23. The Morgan fingerprint density at radius 3 is 2.54 bits per heavy atom. The van der Waals surface area contributed by atoms with Crippen LogP contribution in [0, 0.1) is 12.7 Å². The van der Waals surface area contributed by atoms with Crippen molar-refractivity contribution < 1.29 is 19.1 Å². The number of hydrogen-bond donors (Lipinski definition) is 2. The van der Waals surface area contributed by atoms with E-state index in [1.165, 1.54) is 28.8 Å². The fourth-order valence-corrected chi connectivity index (χ4v) is 3.26. The molecule has 1 atom stereocenters. The summed E-state index contributed by atoms with van der Waals surface area (Å²) in [5.74, 6) is -2.40. The third-order valence-corrected chi connectivity index (χ3v) is 4.77. The van der Waals surface area contributed by atoms with Crippen LogP contribution in [0.15, 0.2) is 36.4 Å². The first-order chi connectivity index (χ1) is 12.2. The van der Waals surface area contributed by atoms with Gasteiger partial charge in [0.15, 0.2) is 0 Å². The smallest absolute Gasteiger partial charge is 0.262 e. The van der Waals surface area contributed by atoms with Crippen molar-refractivity contribution in [3.05, 3.63) is 64.1 Å². The highest BCUT2D eigenvalue weighted by Gasteiger charge is 2.26. The number of carbonyl (C=O) groups excluding carboxylic acids is 2. The molecule has 2 aromatic carbocycles. The molecule has 0 saturated heterocycles. The lowest BCUT2D eigenvalue weighted by atomic mass is 9.97.